The first kappa shape index (κ1) is 14.8. The van der Waals surface area contributed by atoms with E-state index in [2.05, 4.69) is 0 Å². The number of esters is 1. The van der Waals surface area contributed by atoms with Gasteiger partial charge in [-0.15, -0.1) is 0 Å². The van der Waals surface area contributed by atoms with Crippen molar-refractivity contribution in [1.29, 1.82) is 0 Å². The molecule has 0 saturated carbocycles. The van der Waals surface area contributed by atoms with Crippen molar-refractivity contribution in [3.8, 4) is 0 Å². The van der Waals surface area contributed by atoms with Crippen LogP contribution in [-0.2, 0) is 25.6 Å². The highest BCUT2D eigenvalue weighted by atomic mass is 16.6. The third-order valence-corrected chi connectivity index (χ3v) is 2.99. The van der Waals surface area contributed by atoms with Crippen molar-refractivity contribution in [3.05, 3.63) is 48.0 Å². The fraction of sp³-hybridized carbons (Fsp3) is 0.438. The fourth-order valence-corrected chi connectivity index (χ4v) is 1.89. The maximum atomic E-state index is 11.1. The van der Waals surface area contributed by atoms with E-state index >= 15 is 0 Å². The first-order chi connectivity index (χ1) is 9.79. The standard InChI is InChI=1S/C16H20O4/c1-2-19-16(17)9-8-14-15(20-14)10-11-18-12-13-6-4-3-5-7-13/h3-9,14-15H,2,10-12H2,1H3/b9-8+/t14-,15-/m1/s1. The van der Waals surface area contributed by atoms with Gasteiger partial charge in [-0.3, -0.25) is 0 Å². The van der Waals surface area contributed by atoms with Gasteiger partial charge in [0.2, 0.25) is 0 Å². The highest BCUT2D eigenvalue weighted by molar-refractivity contribution is 5.82. The Balaban J connectivity index is 1.55. The van der Waals surface area contributed by atoms with Gasteiger partial charge in [-0.05, 0) is 25.0 Å². The molecule has 0 amide bonds. The predicted octanol–water partition coefficient (Wildman–Crippen LogP) is 2.48. The molecule has 4 heteroatoms. The lowest BCUT2D eigenvalue weighted by Crippen LogP contribution is -2.02. The number of rotatable bonds is 8. The topological polar surface area (TPSA) is 48.1 Å². The number of epoxide rings is 1. The fourth-order valence-electron chi connectivity index (χ4n) is 1.89. The number of ether oxygens (including phenoxy) is 3. The third kappa shape index (κ3) is 5.15. The van der Waals surface area contributed by atoms with Crippen molar-refractivity contribution in [2.75, 3.05) is 13.2 Å². The molecular formula is C16H20O4. The Kier molecular flexibility index (Phi) is 5.77. The Morgan fingerprint density at radius 2 is 2.15 bits per heavy atom. The first-order valence-electron chi connectivity index (χ1n) is 6.91. The molecule has 0 unspecified atom stereocenters. The summed E-state index contributed by atoms with van der Waals surface area (Å²) in [5.41, 5.74) is 1.17. The molecule has 0 N–H and O–H groups in total. The van der Waals surface area contributed by atoms with Crippen LogP contribution >= 0.6 is 0 Å². The molecule has 1 aliphatic rings. The number of benzene rings is 1. The molecule has 1 saturated heterocycles. The number of hydrogen-bond donors (Lipinski definition) is 0. The van der Waals surface area contributed by atoms with E-state index in [1.807, 2.05) is 30.3 Å². The molecule has 1 aliphatic heterocycles. The molecule has 2 rings (SSSR count). The summed E-state index contributed by atoms with van der Waals surface area (Å²) in [7, 11) is 0. The Labute approximate surface area is 119 Å². The van der Waals surface area contributed by atoms with E-state index in [1.54, 1.807) is 13.0 Å². The van der Waals surface area contributed by atoms with Gasteiger partial charge in [-0.1, -0.05) is 30.3 Å². The van der Waals surface area contributed by atoms with Crippen molar-refractivity contribution >= 4 is 5.97 Å². The highest BCUT2D eigenvalue weighted by Gasteiger charge is 2.35. The van der Waals surface area contributed by atoms with Gasteiger partial charge in [0.15, 0.2) is 0 Å². The summed E-state index contributed by atoms with van der Waals surface area (Å²) < 4.78 is 15.8. The Morgan fingerprint density at radius 3 is 2.90 bits per heavy atom. The molecule has 0 aliphatic carbocycles. The molecular weight excluding hydrogens is 256 g/mol. The zero-order valence-corrected chi connectivity index (χ0v) is 11.7. The smallest absolute Gasteiger partial charge is 0.330 e. The molecule has 1 fully saturated rings. The average Bonchev–Trinajstić information content (AvgIpc) is 3.22. The molecule has 2 atom stereocenters. The maximum Gasteiger partial charge on any atom is 0.330 e. The van der Waals surface area contributed by atoms with Gasteiger partial charge in [0.1, 0.15) is 6.10 Å². The van der Waals surface area contributed by atoms with Crippen molar-refractivity contribution in [2.45, 2.75) is 32.2 Å². The molecule has 0 aromatic heterocycles. The maximum absolute atomic E-state index is 11.1. The van der Waals surface area contributed by atoms with Crippen molar-refractivity contribution in [2.24, 2.45) is 0 Å². The van der Waals surface area contributed by atoms with E-state index in [0.717, 1.165) is 6.42 Å². The van der Waals surface area contributed by atoms with Crippen molar-refractivity contribution in [3.63, 3.8) is 0 Å². The summed E-state index contributed by atoms with van der Waals surface area (Å²) >= 11 is 0. The summed E-state index contributed by atoms with van der Waals surface area (Å²) in [6, 6.07) is 10.1. The Morgan fingerprint density at radius 1 is 1.35 bits per heavy atom. The zero-order chi connectivity index (χ0) is 14.2. The first-order valence-corrected chi connectivity index (χ1v) is 6.91. The minimum Gasteiger partial charge on any atom is -0.463 e. The van der Waals surface area contributed by atoms with Gasteiger partial charge in [0.05, 0.1) is 19.3 Å². The zero-order valence-electron chi connectivity index (χ0n) is 11.7. The molecule has 108 valence electrons. The van der Waals surface area contributed by atoms with Crippen LogP contribution in [0, 0.1) is 0 Å². The van der Waals surface area contributed by atoms with Crippen LogP contribution in [0.4, 0.5) is 0 Å². The van der Waals surface area contributed by atoms with Crippen molar-refractivity contribution in [1.82, 2.24) is 0 Å². The molecule has 20 heavy (non-hydrogen) atoms. The number of hydrogen-bond acceptors (Lipinski definition) is 4. The summed E-state index contributed by atoms with van der Waals surface area (Å²) in [5.74, 6) is -0.318. The molecule has 0 spiro atoms. The minimum atomic E-state index is -0.318. The van der Waals surface area contributed by atoms with Crippen LogP contribution in [0.2, 0.25) is 0 Å². The SMILES string of the molecule is CCOC(=O)/C=C/[C@H]1O[C@@H]1CCOCc1ccccc1. The van der Waals surface area contributed by atoms with E-state index in [9.17, 15) is 4.79 Å². The van der Waals surface area contributed by atoms with E-state index < -0.39 is 0 Å². The highest BCUT2D eigenvalue weighted by Crippen LogP contribution is 2.26. The van der Waals surface area contributed by atoms with Crippen LogP contribution in [0.3, 0.4) is 0 Å². The second-order valence-electron chi connectivity index (χ2n) is 4.58. The summed E-state index contributed by atoms with van der Waals surface area (Å²) in [6.07, 6.45) is 4.21. The minimum absolute atomic E-state index is 0.0275. The summed E-state index contributed by atoms with van der Waals surface area (Å²) in [4.78, 5) is 11.1. The average molecular weight is 276 g/mol. The Bertz CT molecular complexity index is 441. The second-order valence-corrected chi connectivity index (χ2v) is 4.58. The van der Waals surface area contributed by atoms with Crippen LogP contribution in [0.15, 0.2) is 42.5 Å². The second kappa shape index (κ2) is 7.82. The molecule has 1 heterocycles. The van der Waals surface area contributed by atoms with Crippen LogP contribution in [0.25, 0.3) is 0 Å². The van der Waals surface area contributed by atoms with Crippen molar-refractivity contribution < 1.29 is 19.0 Å². The molecule has 1 aromatic carbocycles. The third-order valence-electron chi connectivity index (χ3n) is 2.99. The van der Waals surface area contributed by atoms with Gasteiger partial charge in [-0.2, -0.15) is 0 Å². The lowest BCUT2D eigenvalue weighted by Gasteiger charge is -2.02. The van der Waals surface area contributed by atoms with Crippen LogP contribution in [-0.4, -0.2) is 31.4 Å². The van der Waals surface area contributed by atoms with Gasteiger partial charge < -0.3 is 14.2 Å². The van der Waals surface area contributed by atoms with Gasteiger partial charge in [-0.25, -0.2) is 4.79 Å². The number of carbonyl (C=O) groups is 1. The van der Waals surface area contributed by atoms with Crippen LogP contribution in [0.1, 0.15) is 18.9 Å². The quantitative estimate of drug-likeness (QED) is 0.317. The van der Waals surface area contributed by atoms with Gasteiger partial charge in [0.25, 0.3) is 0 Å². The van der Waals surface area contributed by atoms with E-state index in [4.69, 9.17) is 14.2 Å². The number of carbonyl (C=O) groups excluding carboxylic acids is 1. The van der Waals surface area contributed by atoms with Gasteiger partial charge in [0, 0.05) is 12.7 Å². The Hall–Kier alpha value is -1.65. The molecule has 4 nitrogen and oxygen atoms in total. The monoisotopic (exact) mass is 276 g/mol. The lowest BCUT2D eigenvalue weighted by molar-refractivity contribution is -0.137. The summed E-state index contributed by atoms with van der Waals surface area (Å²) in [5, 5.41) is 0. The molecule has 1 aromatic rings. The van der Waals surface area contributed by atoms with E-state index in [0.29, 0.717) is 19.8 Å². The lowest BCUT2D eigenvalue weighted by atomic mass is 10.2. The normalized spacial score (nSPS) is 21.1. The largest absolute Gasteiger partial charge is 0.463 e. The molecule has 0 bridgehead atoms. The predicted molar refractivity (Wildman–Crippen MR) is 75.1 cm³/mol. The molecule has 0 radical (unpaired) electrons. The van der Waals surface area contributed by atoms with Gasteiger partial charge >= 0.3 is 5.97 Å². The van der Waals surface area contributed by atoms with Crippen LogP contribution < -0.4 is 0 Å². The van der Waals surface area contributed by atoms with E-state index in [1.165, 1.54) is 11.6 Å². The van der Waals surface area contributed by atoms with Crippen LogP contribution in [0.5, 0.6) is 0 Å². The van der Waals surface area contributed by atoms with E-state index in [-0.39, 0.29) is 18.2 Å². The summed E-state index contributed by atoms with van der Waals surface area (Å²) in [6.45, 7) is 3.46.